The van der Waals surface area contributed by atoms with E-state index in [1.165, 1.54) is 0 Å². The molecule has 0 bridgehead atoms. The number of anilines is 1. The Balaban J connectivity index is 1.46. The molecule has 3 amide bonds. The van der Waals surface area contributed by atoms with E-state index in [2.05, 4.69) is 20.6 Å². The van der Waals surface area contributed by atoms with E-state index in [9.17, 15) is 14.4 Å². The average molecular weight is 366 g/mol. The number of nitrogens with zero attached hydrogens (tertiary/aromatic N) is 5. The lowest BCUT2D eigenvalue weighted by Gasteiger charge is -2.12. The summed E-state index contributed by atoms with van der Waals surface area (Å²) in [5, 5.41) is 14.2. The molecule has 0 saturated carbocycles. The normalized spacial score (nSPS) is 13.2. The number of aryl methyl sites for hydroxylation is 2. The summed E-state index contributed by atoms with van der Waals surface area (Å²) in [6, 6.07) is 8.05. The van der Waals surface area contributed by atoms with Gasteiger partial charge in [0.25, 0.3) is 17.7 Å². The van der Waals surface area contributed by atoms with Crippen LogP contribution >= 0.6 is 0 Å². The minimum atomic E-state index is -0.624. The van der Waals surface area contributed by atoms with Gasteiger partial charge in [-0.25, -0.2) is 0 Å². The van der Waals surface area contributed by atoms with Gasteiger partial charge in [0.1, 0.15) is 12.2 Å². The number of fused-ring (bicyclic) bond motifs is 1. The quantitative estimate of drug-likeness (QED) is 0.684. The molecule has 1 aromatic carbocycles. The van der Waals surface area contributed by atoms with Crippen molar-refractivity contribution in [2.75, 3.05) is 11.9 Å². The molecule has 0 atom stereocenters. The lowest BCUT2D eigenvalue weighted by atomic mass is 10.1. The topological polar surface area (TPSA) is 123 Å². The summed E-state index contributed by atoms with van der Waals surface area (Å²) in [7, 11) is 1.73. The van der Waals surface area contributed by atoms with Crippen molar-refractivity contribution >= 4 is 23.7 Å². The molecule has 1 N–H and O–H groups in total. The van der Waals surface area contributed by atoms with Crippen molar-refractivity contribution in [3.8, 4) is 11.6 Å². The number of nitrogens with one attached hydrogen (secondary N) is 1. The molecule has 3 aromatic rings. The SMILES string of the molecule is Cc1cc(-c2nnc(NC(=O)CN3C(=O)c4ccccc4C3=O)o2)n(C)n1. The zero-order valence-corrected chi connectivity index (χ0v) is 14.5. The number of carbonyl (C=O) groups excluding carboxylic acids is 3. The number of imide groups is 1. The predicted molar refractivity (Wildman–Crippen MR) is 91.7 cm³/mol. The summed E-state index contributed by atoms with van der Waals surface area (Å²) in [5.41, 5.74) is 1.94. The van der Waals surface area contributed by atoms with E-state index < -0.39 is 24.3 Å². The first-order chi connectivity index (χ1) is 12.9. The van der Waals surface area contributed by atoms with Crippen LogP contribution in [0.1, 0.15) is 26.4 Å². The van der Waals surface area contributed by atoms with Crippen LogP contribution in [0.25, 0.3) is 11.6 Å². The Labute approximate surface area is 152 Å². The van der Waals surface area contributed by atoms with Gasteiger partial charge >= 0.3 is 6.01 Å². The van der Waals surface area contributed by atoms with E-state index in [4.69, 9.17) is 4.42 Å². The first-order valence-corrected chi connectivity index (χ1v) is 8.03. The van der Waals surface area contributed by atoms with Crippen molar-refractivity contribution in [1.29, 1.82) is 0 Å². The van der Waals surface area contributed by atoms with Gasteiger partial charge in [0.2, 0.25) is 5.91 Å². The van der Waals surface area contributed by atoms with Crippen LogP contribution < -0.4 is 5.32 Å². The molecule has 136 valence electrons. The molecular weight excluding hydrogens is 352 g/mol. The van der Waals surface area contributed by atoms with E-state index in [0.717, 1.165) is 10.6 Å². The smallest absolute Gasteiger partial charge is 0.322 e. The molecule has 10 heteroatoms. The largest absolute Gasteiger partial charge is 0.401 e. The molecular formula is C17H14N6O4. The van der Waals surface area contributed by atoms with Crippen LogP contribution in [-0.2, 0) is 11.8 Å². The molecule has 0 fully saturated rings. The van der Waals surface area contributed by atoms with Gasteiger partial charge in [0.15, 0.2) is 0 Å². The number of aromatic nitrogens is 4. The highest BCUT2D eigenvalue weighted by atomic mass is 16.4. The summed E-state index contributed by atoms with van der Waals surface area (Å²) in [5.74, 6) is -1.46. The lowest BCUT2D eigenvalue weighted by molar-refractivity contribution is -0.116. The summed E-state index contributed by atoms with van der Waals surface area (Å²) < 4.78 is 6.99. The first kappa shape index (κ1) is 16.6. The highest BCUT2D eigenvalue weighted by molar-refractivity contribution is 6.22. The number of rotatable bonds is 4. The molecule has 0 spiro atoms. The Hall–Kier alpha value is -3.82. The van der Waals surface area contributed by atoms with Crippen LogP contribution in [0.5, 0.6) is 0 Å². The molecule has 0 radical (unpaired) electrons. The average Bonchev–Trinajstić information content (AvgIpc) is 3.29. The lowest BCUT2D eigenvalue weighted by Crippen LogP contribution is -2.37. The highest BCUT2D eigenvalue weighted by Crippen LogP contribution is 2.23. The van der Waals surface area contributed by atoms with Crippen LogP contribution in [0.4, 0.5) is 6.01 Å². The number of carbonyl (C=O) groups is 3. The third-order valence-corrected chi connectivity index (χ3v) is 4.07. The summed E-state index contributed by atoms with van der Waals surface area (Å²) in [4.78, 5) is 37.7. The molecule has 27 heavy (non-hydrogen) atoms. The van der Waals surface area contributed by atoms with E-state index >= 15 is 0 Å². The molecule has 0 saturated heterocycles. The standard InChI is InChI=1S/C17H14N6O4/c1-9-7-12(22(2)21-9)14-19-20-17(27-14)18-13(24)8-23-15(25)10-5-3-4-6-11(10)16(23)26/h3-7H,8H2,1-2H3,(H,18,20,24). The maximum atomic E-state index is 12.3. The second kappa shape index (κ2) is 6.16. The second-order valence-corrected chi connectivity index (χ2v) is 6.00. The van der Waals surface area contributed by atoms with Gasteiger partial charge in [0.05, 0.1) is 16.8 Å². The van der Waals surface area contributed by atoms with Crippen molar-refractivity contribution < 1.29 is 18.8 Å². The van der Waals surface area contributed by atoms with Crippen LogP contribution in [-0.4, -0.2) is 49.1 Å². The maximum absolute atomic E-state index is 12.3. The Morgan fingerprint density at radius 1 is 1.15 bits per heavy atom. The Kier molecular flexibility index (Phi) is 3.80. The molecule has 4 rings (SSSR count). The fourth-order valence-electron chi connectivity index (χ4n) is 2.87. The molecule has 1 aliphatic heterocycles. The van der Waals surface area contributed by atoms with E-state index in [0.29, 0.717) is 5.69 Å². The highest BCUT2D eigenvalue weighted by Gasteiger charge is 2.36. The van der Waals surface area contributed by atoms with E-state index in [-0.39, 0.29) is 23.0 Å². The second-order valence-electron chi connectivity index (χ2n) is 6.00. The molecule has 10 nitrogen and oxygen atoms in total. The van der Waals surface area contributed by atoms with E-state index in [1.807, 2.05) is 6.92 Å². The van der Waals surface area contributed by atoms with Crippen molar-refractivity contribution in [3.63, 3.8) is 0 Å². The van der Waals surface area contributed by atoms with Crippen molar-refractivity contribution in [1.82, 2.24) is 24.9 Å². The zero-order valence-electron chi connectivity index (χ0n) is 14.5. The molecule has 0 unspecified atom stereocenters. The molecule has 0 aliphatic carbocycles. The molecule has 1 aliphatic rings. The minimum Gasteiger partial charge on any atom is -0.401 e. The Bertz CT molecular complexity index is 1050. The van der Waals surface area contributed by atoms with Crippen LogP contribution in [0.3, 0.4) is 0 Å². The minimum absolute atomic E-state index is 0.134. The van der Waals surface area contributed by atoms with Crippen molar-refractivity contribution in [3.05, 3.63) is 47.2 Å². The fraction of sp³-hybridized carbons (Fsp3) is 0.176. The molecule has 2 aromatic heterocycles. The van der Waals surface area contributed by atoms with Gasteiger partial charge in [-0.3, -0.25) is 29.3 Å². The number of hydrogen-bond acceptors (Lipinski definition) is 7. The van der Waals surface area contributed by atoms with Crippen LogP contribution in [0.15, 0.2) is 34.7 Å². The maximum Gasteiger partial charge on any atom is 0.322 e. The molecule has 3 heterocycles. The summed E-state index contributed by atoms with van der Waals surface area (Å²) >= 11 is 0. The zero-order chi connectivity index (χ0) is 19.1. The van der Waals surface area contributed by atoms with Gasteiger partial charge in [-0.05, 0) is 25.1 Å². The predicted octanol–water partition coefficient (Wildman–Crippen LogP) is 1.01. The first-order valence-electron chi connectivity index (χ1n) is 8.03. The Morgan fingerprint density at radius 3 is 2.41 bits per heavy atom. The summed E-state index contributed by atoms with van der Waals surface area (Å²) in [6.07, 6.45) is 0. The number of benzene rings is 1. The van der Waals surface area contributed by atoms with Gasteiger partial charge in [-0.2, -0.15) is 5.10 Å². The monoisotopic (exact) mass is 366 g/mol. The third kappa shape index (κ3) is 2.86. The summed E-state index contributed by atoms with van der Waals surface area (Å²) in [6.45, 7) is 1.37. The van der Waals surface area contributed by atoms with Crippen LogP contribution in [0.2, 0.25) is 0 Å². The number of amides is 3. The van der Waals surface area contributed by atoms with Crippen LogP contribution in [0, 0.1) is 6.92 Å². The van der Waals surface area contributed by atoms with Gasteiger partial charge in [-0.15, -0.1) is 5.10 Å². The van der Waals surface area contributed by atoms with Gasteiger partial charge in [0, 0.05) is 7.05 Å². The van der Waals surface area contributed by atoms with Crippen molar-refractivity contribution in [2.45, 2.75) is 6.92 Å². The van der Waals surface area contributed by atoms with Gasteiger partial charge in [-0.1, -0.05) is 17.2 Å². The Morgan fingerprint density at radius 2 is 1.81 bits per heavy atom. The number of hydrogen-bond donors (Lipinski definition) is 1. The third-order valence-electron chi connectivity index (χ3n) is 4.07. The van der Waals surface area contributed by atoms with Crippen molar-refractivity contribution in [2.24, 2.45) is 7.05 Å². The van der Waals surface area contributed by atoms with Gasteiger partial charge < -0.3 is 4.42 Å². The van der Waals surface area contributed by atoms with E-state index in [1.54, 1.807) is 42.1 Å². The fourth-order valence-corrected chi connectivity index (χ4v) is 2.87.